The molecule has 3 aromatic rings. The summed E-state index contributed by atoms with van der Waals surface area (Å²) in [5.41, 5.74) is 2.70. The van der Waals surface area contributed by atoms with Crippen molar-refractivity contribution in [3.05, 3.63) is 58.9 Å². The van der Waals surface area contributed by atoms with E-state index in [2.05, 4.69) is 20.1 Å². The normalized spacial score (nSPS) is 16.0. The van der Waals surface area contributed by atoms with E-state index < -0.39 is 0 Å². The molecule has 2 aliphatic rings. The summed E-state index contributed by atoms with van der Waals surface area (Å²) in [7, 11) is 0. The molecule has 0 saturated carbocycles. The molecule has 32 heavy (non-hydrogen) atoms. The van der Waals surface area contributed by atoms with Gasteiger partial charge >= 0.3 is 0 Å². The van der Waals surface area contributed by atoms with Crippen molar-refractivity contribution in [1.29, 1.82) is 0 Å². The van der Waals surface area contributed by atoms with Crippen molar-refractivity contribution in [2.45, 2.75) is 45.1 Å². The Hall–Kier alpha value is -3.19. The first-order valence-electron chi connectivity index (χ1n) is 11.0. The number of nitrogens with zero attached hydrogens (tertiary/aromatic N) is 4. The lowest BCUT2D eigenvalue weighted by atomic mass is 10.1. The summed E-state index contributed by atoms with van der Waals surface area (Å²) < 4.78 is 2.20. The van der Waals surface area contributed by atoms with Gasteiger partial charge in [0.15, 0.2) is 5.82 Å². The van der Waals surface area contributed by atoms with Gasteiger partial charge in [0.25, 0.3) is 5.91 Å². The number of aryl methyl sites for hydroxylation is 1. The first-order chi connectivity index (χ1) is 15.6. The molecule has 1 N–H and O–H groups in total. The molecule has 0 unspecified atom stereocenters. The zero-order valence-corrected chi connectivity index (χ0v) is 18.4. The van der Waals surface area contributed by atoms with Crippen LogP contribution in [-0.2, 0) is 17.8 Å². The van der Waals surface area contributed by atoms with Crippen LogP contribution in [0.5, 0.6) is 0 Å². The molecule has 8 heteroatoms. The summed E-state index contributed by atoms with van der Waals surface area (Å²) in [6.45, 7) is 1.56. The molecule has 2 aromatic carbocycles. The van der Waals surface area contributed by atoms with Crippen molar-refractivity contribution in [2.75, 3.05) is 16.8 Å². The topological polar surface area (TPSA) is 80.1 Å². The van der Waals surface area contributed by atoms with E-state index in [0.29, 0.717) is 34.9 Å². The third-order valence-corrected chi connectivity index (χ3v) is 6.40. The number of rotatable bonds is 4. The highest BCUT2D eigenvalue weighted by molar-refractivity contribution is 6.34. The van der Waals surface area contributed by atoms with Gasteiger partial charge in [-0.25, -0.2) is 0 Å². The molecule has 2 amide bonds. The van der Waals surface area contributed by atoms with Crippen LogP contribution in [0.2, 0.25) is 5.02 Å². The zero-order valence-electron chi connectivity index (χ0n) is 17.7. The highest BCUT2D eigenvalue weighted by atomic mass is 35.5. The van der Waals surface area contributed by atoms with Crippen LogP contribution in [-0.4, -0.2) is 33.1 Å². The van der Waals surface area contributed by atoms with Crippen molar-refractivity contribution in [2.24, 2.45) is 0 Å². The largest absolute Gasteiger partial charge is 0.322 e. The van der Waals surface area contributed by atoms with Crippen molar-refractivity contribution in [3.8, 4) is 11.4 Å². The number of hydrogen-bond donors (Lipinski definition) is 1. The minimum atomic E-state index is -0.251. The number of amides is 2. The fraction of sp³-hybridized carbons (Fsp3) is 0.333. The quantitative estimate of drug-likeness (QED) is 0.625. The standard InChI is InChI=1S/C24H24ClN5O2/c25-19-12-9-17(15-20(19)29-14-4-6-22(29)31)24(32)26-18-10-7-16(8-11-18)23-28-27-21-5-2-1-3-13-30(21)23/h7-12,15H,1-6,13-14H2,(H,26,32). The van der Waals surface area contributed by atoms with Crippen LogP contribution in [0.1, 0.15) is 48.3 Å². The maximum absolute atomic E-state index is 12.8. The van der Waals surface area contributed by atoms with E-state index in [1.54, 1.807) is 23.1 Å². The number of benzene rings is 2. The van der Waals surface area contributed by atoms with Crippen molar-refractivity contribution < 1.29 is 9.59 Å². The zero-order chi connectivity index (χ0) is 22.1. The van der Waals surface area contributed by atoms with Crippen LogP contribution < -0.4 is 10.2 Å². The molecule has 1 saturated heterocycles. The third-order valence-electron chi connectivity index (χ3n) is 6.08. The fourth-order valence-corrected chi connectivity index (χ4v) is 4.59. The Kier molecular flexibility index (Phi) is 5.66. The molecule has 2 aliphatic heterocycles. The van der Waals surface area contributed by atoms with Crippen molar-refractivity contribution in [3.63, 3.8) is 0 Å². The second kappa shape index (κ2) is 8.74. The number of fused-ring (bicyclic) bond motifs is 1. The maximum atomic E-state index is 12.8. The number of halogens is 1. The predicted octanol–water partition coefficient (Wildman–Crippen LogP) is 4.70. The lowest BCUT2D eigenvalue weighted by molar-refractivity contribution is -0.117. The molecule has 1 fully saturated rings. The van der Waals surface area contributed by atoms with E-state index in [4.69, 9.17) is 11.6 Å². The van der Waals surface area contributed by atoms with Gasteiger partial charge in [0, 0.05) is 42.7 Å². The highest BCUT2D eigenvalue weighted by Crippen LogP contribution is 2.31. The average molecular weight is 450 g/mol. The first-order valence-corrected chi connectivity index (χ1v) is 11.4. The van der Waals surface area contributed by atoms with Crippen LogP contribution in [0.15, 0.2) is 42.5 Å². The molecule has 0 radical (unpaired) electrons. The molecule has 1 aromatic heterocycles. The van der Waals surface area contributed by atoms with Crippen molar-refractivity contribution >= 4 is 34.8 Å². The SMILES string of the molecule is O=C(Nc1ccc(-c2nnc3n2CCCCC3)cc1)c1ccc(Cl)c(N2CCCC2=O)c1. The van der Waals surface area contributed by atoms with Crippen LogP contribution in [0.3, 0.4) is 0 Å². The van der Waals surface area contributed by atoms with Crippen LogP contribution in [0.4, 0.5) is 11.4 Å². The highest BCUT2D eigenvalue weighted by Gasteiger charge is 2.24. The monoisotopic (exact) mass is 449 g/mol. The van der Waals surface area contributed by atoms with Gasteiger partial charge in [-0.05, 0) is 61.7 Å². The summed E-state index contributed by atoms with van der Waals surface area (Å²) in [4.78, 5) is 26.6. The molecular formula is C24H24ClN5O2. The Labute approximate surface area is 191 Å². The van der Waals surface area contributed by atoms with E-state index in [1.165, 1.54) is 6.42 Å². The van der Waals surface area contributed by atoms with Gasteiger partial charge in [-0.3, -0.25) is 9.59 Å². The van der Waals surface area contributed by atoms with E-state index in [1.807, 2.05) is 24.3 Å². The number of anilines is 2. The minimum absolute atomic E-state index is 0.0337. The number of hydrogen-bond acceptors (Lipinski definition) is 4. The Morgan fingerprint density at radius 3 is 2.56 bits per heavy atom. The Morgan fingerprint density at radius 2 is 1.78 bits per heavy atom. The summed E-state index contributed by atoms with van der Waals surface area (Å²) in [6, 6.07) is 12.7. The smallest absolute Gasteiger partial charge is 0.255 e. The summed E-state index contributed by atoms with van der Waals surface area (Å²) in [5, 5.41) is 12.1. The lowest BCUT2D eigenvalue weighted by Crippen LogP contribution is -2.24. The van der Waals surface area contributed by atoms with Crippen LogP contribution >= 0.6 is 11.6 Å². The van der Waals surface area contributed by atoms with E-state index in [-0.39, 0.29) is 11.8 Å². The van der Waals surface area contributed by atoms with Crippen molar-refractivity contribution in [1.82, 2.24) is 14.8 Å². The van der Waals surface area contributed by atoms with Gasteiger partial charge in [-0.15, -0.1) is 10.2 Å². The first kappa shape index (κ1) is 20.7. The van der Waals surface area contributed by atoms with Crippen LogP contribution in [0, 0.1) is 0 Å². The molecule has 164 valence electrons. The van der Waals surface area contributed by atoms with Crippen LogP contribution in [0.25, 0.3) is 11.4 Å². The van der Waals surface area contributed by atoms with Gasteiger partial charge in [0.2, 0.25) is 5.91 Å². The molecule has 0 spiro atoms. The second-order valence-electron chi connectivity index (χ2n) is 8.25. The molecule has 5 rings (SSSR count). The van der Waals surface area contributed by atoms with E-state index >= 15 is 0 Å². The van der Waals surface area contributed by atoms with Gasteiger partial charge in [0.1, 0.15) is 5.82 Å². The minimum Gasteiger partial charge on any atom is -0.322 e. The Balaban J connectivity index is 1.33. The molecule has 0 aliphatic carbocycles. The fourth-order valence-electron chi connectivity index (χ4n) is 4.37. The van der Waals surface area contributed by atoms with Gasteiger partial charge < -0.3 is 14.8 Å². The second-order valence-corrected chi connectivity index (χ2v) is 8.66. The Morgan fingerprint density at radius 1 is 0.938 bits per heavy atom. The predicted molar refractivity (Wildman–Crippen MR) is 124 cm³/mol. The maximum Gasteiger partial charge on any atom is 0.255 e. The van der Waals surface area contributed by atoms with Gasteiger partial charge in [-0.2, -0.15) is 0 Å². The lowest BCUT2D eigenvalue weighted by Gasteiger charge is -2.18. The van der Waals surface area contributed by atoms with E-state index in [9.17, 15) is 9.59 Å². The number of nitrogens with one attached hydrogen (secondary N) is 1. The van der Waals surface area contributed by atoms with Gasteiger partial charge in [-0.1, -0.05) is 18.0 Å². The summed E-state index contributed by atoms with van der Waals surface area (Å²) in [6.07, 6.45) is 5.78. The number of carbonyl (C=O) groups is 2. The van der Waals surface area contributed by atoms with Gasteiger partial charge in [0.05, 0.1) is 10.7 Å². The third kappa shape index (κ3) is 4.00. The molecule has 0 atom stereocenters. The number of carbonyl (C=O) groups excluding carboxylic acids is 2. The molecular weight excluding hydrogens is 426 g/mol. The molecule has 3 heterocycles. The Bertz CT molecular complexity index is 1170. The number of aromatic nitrogens is 3. The van der Waals surface area contributed by atoms with E-state index in [0.717, 1.165) is 49.4 Å². The summed E-state index contributed by atoms with van der Waals surface area (Å²) >= 11 is 6.29. The molecule has 7 nitrogen and oxygen atoms in total. The average Bonchev–Trinajstić information content (AvgIpc) is 3.33. The summed E-state index contributed by atoms with van der Waals surface area (Å²) in [5.74, 6) is 1.70. The molecule has 0 bridgehead atoms.